The zero-order valence-corrected chi connectivity index (χ0v) is 14.9. The third kappa shape index (κ3) is 2.99. The highest BCUT2D eigenvalue weighted by atomic mass is 16.3. The summed E-state index contributed by atoms with van der Waals surface area (Å²) in [4.78, 5) is 8.63. The first-order valence-electron chi connectivity index (χ1n) is 8.85. The van der Waals surface area contributed by atoms with Crippen molar-refractivity contribution in [1.29, 1.82) is 0 Å². The number of fused-ring (bicyclic) bond motifs is 1. The Morgan fingerprint density at radius 2 is 1.89 bits per heavy atom. The van der Waals surface area contributed by atoms with Crippen LogP contribution in [0.2, 0.25) is 0 Å². The van der Waals surface area contributed by atoms with Crippen LogP contribution in [-0.4, -0.2) is 24.7 Å². The normalized spacial score (nSPS) is 11.0. The lowest BCUT2D eigenvalue weighted by molar-refractivity contribution is 0.531. The van der Waals surface area contributed by atoms with Crippen molar-refractivity contribution >= 4 is 16.9 Å². The van der Waals surface area contributed by atoms with Crippen LogP contribution in [-0.2, 0) is 6.54 Å². The van der Waals surface area contributed by atoms with E-state index in [2.05, 4.69) is 25.5 Å². The second kappa shape index (κ2) is 6.96. The minimum Gasteiger partial charge on any atom is -0.459 e. The Balaban J connectivity index is 1.38. The molecule has 0 saturated carbocycles. The highest BCUT2D eigenvalue weighted by Gasteiger charge is 2.11. The molecule has 5 aromatic rings. The van der Waals surface area contributed by atoms with E-state index in [1.165, 1.54) is 0 Å². The van der Waals surface area contributed by atoms with Gasteiger partial charge in [-0.1, -0.05) is 18.2 Å². The summed E-state index contributed by atoms with van der Waals surface area (Å²) < 4.78 is 7.89. The van der Waals surface area contributed by atoms with Crippen LogP contribution in [0.25, 0.3) is 27.9 Å². The molecule has 0 saturated heterocycles. The van der Waals surface area contributed by atoms with Crippen molar-refractivity contribution in [3.8, 4) is 17.0 Å². The Kier molecular flexibility index (Phi) is 4.02. The van der Waals surface area contributed by atoms with E-state index in [1.54, 1.807) is 24.9 Å². The van der Waals surface area contributed by atoms with Crippen molar-refractivity contribution in [1.82, 2.24) is 24.7 Å². The lowest BCUT2D eigenvalue weighted by atomic mass is 10.1. The molecular formula is C21H16N6O. The molecule has 0 amide bonds. The molecule has 7 heteroatoms. The summed E-state index contributed by atoms with van der Waals surface area (Å²) in [5, 5.41) is 12.5. The first-order chi connectivity index (χ1) is 13.9. The van der Waals surface area contributed by atoms with Crippen molar-refractivity contribution in [2.45, 2.75) is 6.54 Å². The molecule has 0 bridgehead atoms. The standard InChI is InChI=1S/C21H16N6O/c1-4-15-5-2-11-23-20(15)18(7-1)19-9-8-17(28-19)13-24-21-26-25-14-27(21)16-6-3-10-22-12-16/h1-12,14H,13H2,(H,24,26). The number of anilines is 1. The lowest BCUT2D eigenvalue weighted by Gasteiger charge is -2.07. The number of aromatic nitrogens is 5. The average Bonchev–Trinajstić information content (AvgIpc) is 3.42. The molecule has 0 spiro atoms. The van der Waals surface area contributed by atoms with E-state index >= 15 is 0 Å². The molecule has 0 unspecified atom stereocenters. The summed E-state index contributed by atoms with van der Waals surface area (Å²) in [6, 6.07) is 17.8. The van der Waals surface area contributed by atoms with E-state index in [-0.39, 0.29) is 0 Å². The summed E-state index contributed by atoms with van der Waals surface area (Å²) in [5.41, 5.74) is 2.79. The molecule has 0 fully saturated rings. The van der Waals surface area contributed by atoms with E-state index in [1.807, 2.05) is 59.2 Å². The van der Waals surface area contributed by atoms with Gasteiger partial charge in [0.2, 0.25) is 5.95 Å². The van der Waals surface area contributed by atoms with Gasteiger partial charge in [0.1, 0.15) is 17.8 Å². The van der Waals surface area contributed by atoms with Crippen LogP contribution in [0.4, 0.5) is 5.95 Å². The Hall–Kier alpha value is -4.00. The lowest BCUT2D eigenvalue weighted by Crippen LogP contribution is -2.05. The van der Waals surface area contributed by atoms with Gasteiger partial charge in [-0.25, -0.2) is 0 Å². The van der Waals surface area contributed by atoms with E-state index in [0.29, 0.717) is 12.5 Å². The molecular weight excluding hydrogens is 352 g/mol. The second-order valence-electron chi connectivity index (χ2n) is 6.24. The minimum absolute atomic E-state index is 0.483. The molecule has 136 valence electrons. The van der Waals surface area contributed by atoms with Crippen molar-refractivity contribution in [2.24, 2.45) is 0 Å². The number of rotatable bonds is 5. The summed E-state index contributed by atoms with van der Waals surface area (Å²) >= 11 is 0. The summed E-state index contributed by atoms with van der Waals surface area (Å²) in [6.07, 6.45) is 6.93. The summed E-state index contributed by atoms with van der Waals surface area (Å²) in [6.45, 7) is 0.483. The Morgan fingerprint density at radius 1 is 0.964 bits per heavy atom. The average molecular weight is 368 g/mol. The monoisotopic (exact) mass is 368 g/mol. The van der Waals surface area contributed by atoms with Crippen LogP contribution < -0.4 is 5.32 Å². The minimum atomic E-state index is 0.483. The molecule has 0 aliphatic rings. The Bertz CT molecular complexity index is 1220. The van der Waals surface area contributed by atoms with Gasteiger partial charge in [-0.2, -0.15) is 0 Å². The maximum Gasteiger partial charge on any atom is 0.229 e. The third-order valence-electron chi connectivity index (χ3n) is 4.45. The summed E-state index contributed by atoms with van der Waals surface area (Å²) in [5.74, 6) is 2.20. The fourth-order valence-electron chi connectivity index (χ4n) is 3.13. The van der Waals surface area contributed by atoms with Gasteiger partial charge in [0.25, 0.3) is 0 Å². The van der Waals surface area contributed by atoms with Crippen molar-refractivity contribution in [3.63, 3.8) is 0 Å². The van der Waals surface area contributed by atoms with Gasteiger partial charge in [0.15, 0.2) is 0 Å². The molecule has 1 N–H and O–H groups in total. The van der Waals surface area contributed by atoms with Crippen LogP contribution in [0.15, 0.2) is 83.9 Å². The van der Waals surface area contributed by atoms with Crippen molar-refractivity contribution in [3.05, 3.63) is 85.3 Å². The SMILES string of the molecule is c1cncc(-n2cnnc2NCc2ccc(-c3cccc4cccnc34)o2)c1. The summed E-state index contributed by atoms with van der Waals surface area (Å²) in [7, 11) is 0. The topological polar surface area (TPSA) is 81.7 Å². The van der Waals surface area contributed by atoms with E-state index in [0.717, 1.165) is 33.7 Å². The maximum atomic E-state index is 6.05. The van der Waals surface area contributed by atoms with E-state index in [4.69, 9.17) is 4.42 Å². The first-order valence-corrected chi connectivity index (χ1v) is 8.85. The van der Waals surface area contributed by atoms with Gasteiger partial charge in [-0.3, -0.25) is 14.5 Å². The molecule has 0 aliphatic carbocycles. The van der Waals surface area contributed by atoms with Gasteiger partial charge in [0, 0.05) is 23.3 Å². The molecule has 0 aliphatic heterocycles. The largest absolute Gasteiger partial charge is 0.459 e. The molecule has 5 rings (SSSR count). The number of benzene rings is 1. The molecule has 0 radical (unpaired) electrons. The third-order valence-corrected chi connectivity index (χ3v) is 4.45. The number of pyridine rings is 2. The number of nitrogens with zero attached hydrogens (tertiary/aromatic N) is 5. The smallest absolute Gasteiger partial charge is 0.229 e. The molecule has 4 heterocycles. The predicted molar refractivity (Wildman–Crippen MR) is 106 cm³/mol. The molecule has 0 atom stereocenters. The quantitative estimate of drug-likeness (QED) is 0.503. The number of nitrogens with one attached hydrogen (secondary N) is 1. The predicted octanol–water partition coefficient (Wildman–Crippen LogP) is 4.08. The van der Waals surface area contributed by atoms with Crippen LogP contribution in [0.1, 0.15) is 5.76 Å². The fraction of sp³-hybridized carbons (Fsp3) is 0.0476. The Labute approximate surface area is 160 Å². The highest BCUT2D eigenvalue weighted by molar-refractivity contribution is 5.92. The zero-order valence-electron chi connectivity index (χ0n) is 14.9. The van der Waals surface area contributed by atoms with Gasteiger partial charge in [-0.15, -0.1) is 10.2 Å². The fourth-order valence-corrected chi connectivity index (χ4v) is 3.13. The van der Waals surface area contributed by atoms with Gasteiger partial charge in [-0.05, 0) is 36.4 Å². The van der Waals surface area contributed by atoms with E-state index < -0.39 is 0 Å². The molecule has 7 nitrogen and oxygen atoms in total. The van der Waals surface area contributed by atoms with Crippen LogP contribution in [0.5, 0.6) is 0 Å². The highest BCUT2D eigenvalue weighted by Crippen LogP contribution is 2.28. The Morgan fingerprint density at radius 3 is 2.82 bits per heavy atom. The molecule has 4 aromatic heterocycles. The zero-order chi connectivity index (χ0) is 18.8. The van der Waals surface area contributed by atoms with Crippen molar-refractivity contribution < 1.29 is 4.42 Å². The van der Waals surface area contributed by atoms with Crippen LogP contribution >= 0.6 is 0 Å². The van der Waals surface area contributed by atoms with Crippen LogP contribution in [0.3, 0.4) is 0 Å². The second-order valence-corrected chi connectivity index (χ2v) is 6.24. The molecule has 28 heavy (non-hydrogen) atoms. The number of hydrogen-bond acceptors (Lipinski definition) is 6. The van der Waals surface area contributed by atoms with Crippen molar-refractivity contribution in [2.75, 3.05) is 5.32 Å². The first kappa shape index (κ1) is 16.2. The van der Waals surface area contributed by atoms with E-state index in [9.17, 15) is 0 Å². The van der Waals surface area contributed by atoms with Gasteiger partial charge >= 0.3 is 0 Å². The molecule has 1 aromatic carbocycles. The number of hydrogen-bond donors (Lipinski definition) is 1. The number of para-hydroxylation sites is 1. The van der Waals surface area contributed by atoms with Gasteiger partial charge in [0.05, 0.1) is 23.9 Å². The van der Waals surface area contributed by atoms with Crippen LogP contribution in [0, 0.1) is 0 Å². The van der Waals surface area contributed by atoms with Gasteiger partial charge < -0.3 is 9.73 Å². The maximum absolute atomic E-state index is 6.05. The number of furan rings is 1.